The van der Waals surface area contributed by atoms with Crippen LogP contribution in [-0.4, -0.2) is 17.3 Å². The normalized spacial score (nSPS) is 11.0. The van der Waals surface area contributed by atoms with Crippen LogP contribution >= 0.6 is 0 Å². The SMILES string of the molecule is O=C(/C=C/c1ccc(COc2ccccc2[N+](=O)[O-])o1)c1ccc(OC(F)F)cc1. The number of hydrogen-bond donors (Lipinski definition) is 0. The fourth-order valence-electron chi connectivity index (χ4n) is 2.50. The molecule has 0 unspecified atom stereocenters. The van der Waals surface area contributed by atoms with Crippen LogP contribution in [0.3, 0.4) is 0 Å². The summed E-state index contributed by atoms with van der Waals surface area (Å²) in [5.41, 5.74) is 0.138. The highest BCUT2D eigenvalue weighted by Crippen LogP contribution is 2.27. The predicted octanol–water partition coefficient (Wildman–Crippen LogP) is 5.26. The zero-order valence-corrected chi connectivity index (χ0v) is 15.4. The number of ketones is 1. The Morgan fingerprint density at radius 1 is 1.10 bits per heavy atom. The quantitative estimate of drug-likeness (QED) is 0.205. The first-order valence-corrected chi connectivity index (χ1v) is 8.64. The third-order valence-corrected chi connectivity index (χ3v) is 3.88. The van der Waals surface area contributed by atoms with Crippen LogP contribution in [0, 0.1) is 10.1 Å². The van der Waals surface area contributed by atoms with Gasteiger partial charge < -0.3 is 13.9 Å². The molecular formula is C21H15F2NO6. The summed E-state index contributed by atoms with van der Waals surface area (Å²) in [7, 11) is 0. The Bertz CT molecular complexity index is 1060. The number of carbonyl (C=O) groups excluding carboxylic acids is 1. The Hall–Kier alpha value is -4.01. The lowest BCUT2D eigenvalue weighted by Crippen LogP contribution is -2.02. The van der Waals surface area contributed by atoms with E-state index in [2.05, 4.69) is 4.74 Å². The molecule has 3 aromatic rings. The highest BCUT2D eigenvalue weighted by atomic mass is 19.3. The number of alkyl halides is 2. The molecule has 3 rings (SSSR count). The summed E-state index contributed by atoms with van der Waals surface area (Å²) in [6, 6.07) is 14.5. The summed E-state index contributed by atoms with van der Waals surface area (Å²) >= 11 is 0. The summed E-state index contributed by atoms with van der Waals surface area (Å²) in [6.45, 7) is -2.96. The average molecular weight is 415 g/mol. The van der Waals surface area contributed by atoms with Crippen molar-refractivity contribution in [3.63, 3.8) is 0 Å². The second-order valence-electron chi connectivity index (χ2n) is 5.92. The van der Waals surface area contributed by atoms with Crippen molar-refractivity contribution in [1.82, 2.24) is 0 Å². The van der Waals surface area contributed by atoms with Crippen molar-refractivity contribution in [1.29, 1.82) is 0 Å². The lowest BCUT2D eigenvalue weighted by molar-refractivity contribution is -0.386. The number of ether oxygens (including phenoxy) is 2. The first-order valence-electron chi connectivity index (χ1n) is 8.64. The van der Waals surface area contributed by atoms with Crippen LogP contribution in [0.5, 0.6) is 11.5 Å². The molecule has 0 aliphatic rings. The van der Waals surface area contributed by atoms with Crippen molar-refractivity contribution in [2.45, 2.75) is 13.2 Å². The van der Waals surface area contributed by atoms with Crippen LogP contribution in [-0.2, 0) is 6.61 Å². The summed E-state index contributed by atoms with van der Waals surface area (Å²) in [4.78, 5) is 22.6. The minimum atomic E-state index is -2.93. The molecule has 0 saturated carbocycles. The molecule has 0 amide bonds. The fourth-order valence-corrected chi connectivity index (χ4v) is 2.50. The van der Waals surface area contributed by atoms with Gasteiger partial charge in [0, 0.05) is 11.6 Å². The Labute approximate surface area is 169 Å². The first-order chi connectivity index (χ1) is 14.4. The van der Waals surface area contributed by atoms with Gasteiger partial charge in [0.25, 0.3) is 0 Å². The smallest absolute Gasteiger partial charge is 0.387 e. The number of para-hydroxylation sites is 2. The van der Waals surface area contributed by atoms with Gasteiger partial charge in [0.05, 0.1) is 4.92 Å². The van der Waals surface area contributed by atoms with E-state index < -0.39 is 11.5 Å². The van der Waals surface area contributed by atoms with Gasteiger partial charge in [-0.1, -0.05) is 12.1 Å². The molecule has 0 aliphatic heterocycles. The highest BCUT2D eigenvalue weighted by molar-refractivity contribution is 6.06. The Balaban J connectivity index is 1.59. The van der Waals surface area contributed by atoms with E-state index in [1.54, 1.807) is 18.2 Å². The van der Waals surface area contributed by atoms with Crippen molar-refractivity contribution in [2.24, 2.45) is 0 Å². The molecule has 0 atom stereocenters. The van der Waals surface area contributed by atoms with Crippen LogP contribution in [0.4, 0.5) is 14.5 Å². The number of benzene rings is 2. The van der Waals surface area contributed by atoms with Gasteiger partial charge in [-0.2, -0.15) is 8.78 Å². The van der Waals surface area contributed by atoms with Gasteiger partial charge in [0.15, 0.2) is 11.5 Å². The molecule has 30 heavy (non-hydrogen) atoms. The molecular weight excluding hydrogens is 400 g/mol. The molecule has 0 N–H and O–H groups in total. The van der Waals surface area contributed by atoms with Gasteiger partial charge in [-0.25, -0.2) is 0 Å². The van der Waals surface area contributed by atoms with E-state index in [-0.39, 0.29) is 29.6 Å². The van der Waals surface area contributed by atoms with Crippen LogP contribution in [0.15, 0.2) is 71.2 Å². The van der Waals surface area contributed by atoms with Crippen molar-refractivity contribution in [3.05, 3.63) is 93.9 Å². The van der Waals surface area contributed by atoms with E-state index in [0.29, 0.717) is 17.1 Å². The number of nitrogens with zero attached hydrogens (tertiary/aromatic N) is 1. The second kappa shape index (κ2) is 9.46. The molecule has 2 aromatic carbocycles. The van der Waals surface area contributed by atoms with Crippen LogP contribution in [0.1, 0.15) is 21.9 Å². The number of rotatable bonds is 9. The van der Waals surface area contributed by atoms with Gasteiger partial charge in [-0.15, -0.1) is 0 Å². The molecule has 0 fully saturated rings. The van der Waals surface area contributed by atoms with Gasteiger partial charge >= 0.3 is 12.3 Å². The Morgan fingerprint density at radius 3 is 2.53 bits per heavy atom. The molecule has 0 aliphatic carbocycles. The largest absolute Gasteiger partial charge is 0.479 e. The number of hydrogen-bond acceptors (Lipinski definition) is 6. The van der Waals surface area contributed by atoms with E-state index in [0.717, 1.165) is 0 Å². The lowest BCUT2D eigenvalue weighted by atomic mass is 10.1. The van der Waals surface area contributed by atoms with Crippen molar-refractivity contribution >= 4 is 17.5 Å². The second-order valence-corrected chi connectivity index (χ2v) is 5.92. The number of nitro benzene ring substituents is 1. The number of halogens is 2. The molecule has 0 spiro atoms. The molecule has 0 saturated heterocycles. The number of allylic oxidation sites excluding steroid dienone is 1. The molecule has 0 radical (unpaired) electrons. The van der Waals surface area contributed by atoms with E-state index in [9.17, 15) is 23.7 Å². The molecule has 1 heterocycles. The lowest BCUT2D eigenvalue weighted by Gasteiger charge is -2.04. The molecule has 1 aromatic heterocycles. The summed E-state index contributed by atoms with van der Waals surface area (Å²) < 4.78 is 39.5. The van der Waals surface area contributed by atoms with E-state index >= 15 is 0 Å². The third kappa shape index (κ3) is 5.51. The number of furan rings is 1. The number of carbonyl (C=O) groups is 1. The first kappa shape index (κ1) is 20.7. The summed E-state index contributed by atoms with van der Waals surface area (Å²) in [5.74, 6) is 0.508. The monoisotopic (exact) mass is 415 g/mol. The number of nitro groups is 1. The third-order valence-electron chi connectivity index (χ3n) is 3.88. The van der Waals surface area contributed by atoms with Crippen LogP contribution in [0.2, 0.25) is 0 Å². The van der Waals surface area contributed by atoms with E-state index in [1.807, 2.05) is 0 Å². The Morgan fingerprint density at radius 2 is 1.83 bits per heavy atom. The fraction of sp³-hybridized carbons (Fsp3) is 0.0952. The molecule has 7 nitrogen and oxygen atoms in total. The maximum absolute atomic E-state index is 12.2. The maximum atomic E-state index is 12.2. The topological polar surface area (TPSA) is 91.8 Å². The molecule has 0 bridgehead atoms. The van der Waals surface area contributed by atoms with Crippen molar-refractivity contribution in [3.8, 4) is 11.5 Å². The van der Waals surface area contributed by atoms with Gasteiger partial charge in [0.1, 0.15) is 23.9 Å². The maximum Gasteiger partial charge on any atom is 0.387 e. The van der Waals surface area contributed by atoms with Gasteiger partial charge in [-0.05, 0) is 54.6 Å². The van der Waals surface area contributed by atoms with Crippen molar-refractivity contribution in [2.75, 3.05) is 0 Å². The molecule has 154 valence electrons. The van der Waals surface area contributed by atoms with E-state index in [1.165, 1.54) is 54.6 Å². The zero-order valence-electron chi connectivity index (χ0n) is 15.4. The summed E-state index contributed by atoms with van der Waals surface area (Å²) in [5, 5.41) is 11.0. The highest BCUT2D eigenvalue weighted by Gasteiger charge is 2.14. The standard InChI is InChI=1S/C21H15F2NO6/c22-21(23)30-16-7-5-14(6-8-16)19(25)12-11-15-9-10-17(29-15)13-28-20-4-2-1-3-18(20)24(26)27/h1-12,21H,13H2/b12-11+. The van der Waals surface area contributed by atoms with Crippen LogP contribution < -0.4 is 9.47 Å². The van der Waals surface area contributed by atoms with E-state index in [4.69, 9.17) is 9.15 Å². The minimum absolute atomic E-state index is 0.0295. The zero-order chi connectivity index (χ0) is 21.5. The van der Waals surface area contributed by atoms with Gasteiger partial charge in [0.2, 0.25) is 0 Å². The molecule has 9 heteroatoms. The Kier molecular flexibility index (Phi) is 6.53. The average Bonchev–Trinajstić information content (AvgIpc) is 3.18. The van der Waals surface area contributed by atoms with Crippen molar-refractivity contribution < 1.29 is 32.4 Å². The predicted molar refractivity (Wildman–Crippen MR) is 103 cm³/mol. The van der Waals surface area contributed by atoms with Gasteiger partial charge in [-0.3, -0.25) is 14.9 Å². The minimum Gasteiger partial charge on any atom is -0.479 e. The van der Waals surface area contributed by atoms with Crippen LogP contribution in [0.25, 0.3) is 6.08 Å². The summed E-state index contributed by atoms with van der Waals surface area (Å²) in [6.07, 6.45) is 2.72.